The molecular formula is C20H28ClO2P3. The van der Waals surface area contributed by atoms with E-state index in [4.69, 9.17) is 11.2 Å². The molecule has 142 valence electrons. The van der Waals surface area contributed by atoms with E-state index in [2.05, 4.69) is 0 Å². The van der Waals surface area contributed by atoms with Crippen LogP contribution in [0.5, 0.6) is 0 Å². The summed E-state index contributed by atoms with van der Waals surface area (Å²) in [6, 6.07) is 19.1. The van der Waals surface area contributed by atoms with Gasteiger partial charge in [-0.25, -0.2) is 0 Å². The van der Waals surface area contributed by atoms with E-state index in [0.717, 1.165) is 10.6 Å². The predicted molar refractivity (Wildman–Crippen MR) is 119 cm³/mol. The molecular weight excluding hydrogens is 401 g/mol. The quantitative estimate of drug-likeness (QED) is 0.534. The average molecular weight is 429 g/mol. The summed E-state index contributed by atoms with van der Waals surface area (Å²) in [7, 11) is -2.22. The van der Waals surface area contributed by atoms with Crippen molar-refractivity contribution in [3.8, 4) is 0 Å². The van der Waals surface area contributed by atoms with Gasteiger partial charge in [-0.15, -0.1) is 0 Å². The van der Waals surface area contributed by atoms with Crippen molar-refractivity contribution >= 4 is 41.7 Å². The first-order chi connectivity index (χ1) is 11.9. The van der Waals surface area contributed by atoms with Crippen molar-refractivity contribution in [1.82, 2.24) is 0 Å². The van der Waals surface area contributed by atoms with E-state index in [1.165, 1.54) is 0 Å². The topological polar surface area (TPSA) is 40.1 Å². The van der Waals surface area contributed by atoms with Crippen LogP contribution < -0.4 is 15.5 Å². The molecule has 0 spiro atoms. The molecule has 0 aromatic heterocycles. The molecule has 1 unspecified atom stereocenters. The van der Waals surface area contributed by atoms with Crippen LogP contribution in [0, 0.1) is 0 Å². The van der Waals surface area contributed by atoms with E-state index < -0.39 is 30.2 Å². The van der Waals surface area contributed by atoms with Gasteiger partial charge in [0.1, 0.15) is 7.12 Å². The van der Waals surface area contributed by atoms with E-state index in [0.29, 0.717) is 0 Å². The van der Waals surface area contributed by atoms with Gasteiger partial charge in [0, 0.05) is 10.6 Å². The minimum Gasteiger partial charge on any atom is -0.628 e. The molecule has 0 aliphatic rings. The Kier molecular flexibility index (Phi) is 6.40. The van der Waals surface area contributed by atoms with Crippen molar-refractivity contribution in [3.05, 3.63) is 60.7 Å². The van der Waals surface area contributed by atoms with Gasteiger partial charge in [0.15, 0.2) is 5.90 Å². The standard InChI is InChI=1S/C20H28ClO2P3/c1-19(2,3)26(23,20(4,5)6)24(22)25(21,17-13-9-7-10-14-17)18-15-11-8-12-16-18/h7-16H,1-6H3. The monoisotopic (exact) mass is 428 g/mol. The average Bonchev–Trinajstić information content (AvgIpc) is 2.59. The Morgan fingerprint density at radius 3 is 1.35 bits per heavy atom. The molecule has 0 fully saturated rings. The lowest BCUT2D eigenvalue weighted by molar-refractivity contribution is -0.147. The first-order valence-electron chi connectivity index (χ1n) is 8.65. The molecule has 0 aliphatic carbocycles. The number of hydrogen-bond acceptors (Lipinski definition) is 2. The summed E-state index contributed by atoms with van der Waals surface area (Å²) >= 11 is 7.29. The molecule has 0 radical (unpaired) electrons. The molecule has 2 nitrogen and oxygen atoms in total. The second-order valence-electron chi connectivity index (χ2n) is 8.40. The Labute approximate surface area is 163 Å². The van der Waals surface area contributed by atoms with Crippen LogP contribution in [0.4, 0.5) is 0 Å². The molecule has 0 saturated heterocycles. The first kappa shape index (κ1) is 21.9. The van der Waals surface area contributed by atoms with E-state index in [1.807, 2.05) is 102 Å². The Morgan fingerprint density at radius 2 is 1.08 bits per heavy atom. The predicted octanol–water partition coefficient (Wildman–Crippen LogP) is 6.36. The Bertz CT molecular complexity index is 802. The molecule has 1 atom stereocenters. The Morgan fingerprint density at radius 1 is 0.769 bits per heavy atom. The zero-order valence-electron chi connectivity index (χ0n) is 16.3. The molecule has 6 heteroatoms. The normalized spacial score (nSPS) is 14.2. The fourth-order valence-corrected chi connectivity index (χ4v) is 27.7. The van der Waals surface area contributed by atoms with E-state index in [-0.39, 0.29) is 0 Å². The lowest BCUT2D eigenvalue weighted by atomic mass is 10.2. The maximum atomic E-state index is 14.4. The van der Waals surface area contributed by atoms with Gasteiger partial charge in [0.25, 0.3) is 6.83 Å². The van der Waals surface area contributed by atoms with Crippen LogP contribution in [0.15, 0.2) is 60.7 Å². The van der Waals surface area contributed by atoms with E-state index in [9.17, 15) is 9.46 Å². The summed E-state index contributed by atoms with van der Waals surface area (Å²) in [5, 5.41) is 0.426. The molecule has 26 heavy (non-hydrogen) atoms. The zero-order valence-corrected chi connectivity index (χ0v) is 19.7. The molecule has 2 rings (SSSR count). The fourth-order valence-electron chi connectivity index (χ4n) is 3.29. The number of hydrogen-bond donors (Lipinski definition) is 0. The smallest absolute Gasteiger partial charge is 0.267 e. The number of rotatable bonds is 3. The maximum Gasteiger partial charge on any atom is 0.267 e. The van der Waals surface area contributed by atoms with Crippen LogP contribution in [0.2, 0.25) is 0 Å². The molecule has 0 N–H and O–H groups in total. The van der Waals surface area contributed by atoms with Crippen LogP contribution in [0.1, 0.15) is 41.5 Å². The van der Waals surface area contributed by atoms with Crippen molar-refractivity contribution in [2.75, 3.05) is 0 Å². The highest BCUT2D eigenvalue weighted by atomic mass is 35.7. The highest BCUT2D eigenvalue weighted by Gasteiger charge is 2.56. The van der Waals surface area contributed by atoms with Crippen LogP contribution in [0.25, 0.3) is 0 Å². The van der Waals surface area contributed by atoms with E-state index in [1.54, 1.807) is 0 Å². The van der Waals surface area contributed by atoms with Crippen molar-refractivity contribution in [2.24, 2.45) is 0 Å². The minimum atomic E-state index is -3.20. The van der Waals surface area contributed by atoms with Gasteiger partial charge in [0.05, 0.1) is 10.3 Å². The third-order valence-corrected chi connectivity index (χ3v) is 26.9. The van der Waals surface area contributed by atoms with Gasteiger partial charge in [-0.3, -0.25) is 4.57 Å². The second kappa shape index (κ2) is 7.58. The SMILES string of the molecule is CC(C)(C)P(=O)([P+]([O-])=P(Cl)(c1ccccc1)c1ccccc1)C(C)(C)C. The van der Waals surface area contributed by atoms with Crippen LogP contribution in [-0.2, 0) is 4.57 Å². The van der Waals surface area contributed by atoms with Gasteiger partial charge in [0.2, 0.25) is 0 Å². The second-order valence-corrected chi connectivity index (χ2v) is 23.7. The Hall–Kier alpha value is -0.350. The van der Waals surface area contributed by atoms with Crippen LogP contribution in [-0.4, -0.2) is 10.3 Å². The molecule has 0 amide bonds. The summed E-state index contributed by atoms with van der Waals surface area (Å²) < 4.78 is 14.4. The molecule has 0 heterocycles. The fraction of sp³-hybridized carbons (Fsp3) is 0.400. The van der Waals surface area contributed by atoms with Gasteiger partial charge in [-0.1, -0.05) is 36.4 Å². The largest absolute Gasteiger partial charge is 0.628 e. The molecule has 0 aliphatic heterocycles. The zero-order chi connectivity index (χ0) is 19.8. The molecule has 0 saturated carbocycles. The third kappa shape index (κ3) is 3.65. The van der Waals surface area contributed by atoms with Gasteiger partial charge in [-0.2, -0.15) is 0 Å². The summed E-state index contributed by atoms with van der Waals surface area (Å²) in [6.07, 6.45) is 0. The van der Waals surface area contributed by atoms with Gasteiger partial charge < -0.3 is 4.89 Å². The summed E-state index contributed by atoms with van der Waals surface area (Å²) in [4.78, 5) is 14.2. The lowest BCUT2D eigenvalue weighted by Crippen LogP contribution is -2.29. The van der Waals surface area contributed by atoms with Crippen LogP contribution >= 0.6 is 31.1 Å². The van der Waals surface area contributed by atoms with Crippen molar-refractivity contribution in [3.63, 3.8) is 0 Å². The van der Waals surface area contributed by atoms with Crippen LogP contribution in [0.3, 0.4) is 0 Å². The minimum absolute atomic E-state index is 0.609. The van der Waals surface area contributed by atoms with Gasteiger partial charge >= 0.3 is 0 Å². The lowest BCUT2D eigenvalue weighted by Gasteiger charge is -2.39. The van der Waals surface area contributed by atoms with E-state index >= 15 is 0 Å². The van der Waals surface area contributed by atoms with Gasteiger partial charge in [-0.05, 0) is 77.0 Å². The third-order valence-electron chi connectivity index (χ3n) is 4.49. The van der Waals surface area contributed by atoms with Crippen molar-refractivity contribution in [1.29, 1.82) is 0 Å². The first-order valence-corrected chi connectivity index (χ1v) is 15.7. The molecule has 2 aromatic carbocycles. The molecule has 0 bridgehead atoms. The van der Waals surface area contributed by atoms with Crippen molar-refractivity contribution in [2.45, 2.75) is 51.9 Å². The summed E-state index contributed by atoms with van der Waals surface area (Å²) in [5.74, 6) is -2.86. The highest BCUT2D eigenvalue weighted by Crippen LogP contribution is 2.89. The summed E-state index contributed by atoms with van der Waals surface area (Å²) in [6.45, 7) is 8.32. The number of benzene rings is 2. The Balaban J connectivity index is 3.03. The highest BCUT2D eigenvalue weighted by molar-refractivity contribution is 8.54. The summed E-state index contributed by atoms with van der Waals surface area (Å²) in [5.41, 5.74) is 0. The number of halogens is 1. The van der Waals surface area contributed by atoms with Crippen molar-refractivity contribution < 1.29 is 9.46 Å². The maximum absolute atomic E-state index is 14.4. The molecule has 2 aromatic rings.